The quantitative estimate of drug-likeness (QED) is 0.614. The zero-order valence-electron chi connectivity index (χ0n) is 12.5. The lowest BCUT2D eigenvalue weighted by Crippen LogP contribution is -2.63. The van der Waals surface area contributed by atoms with E-state index in [1.165, 1.54) is 4.90 Å². The van der Waals surface area contributed by atoms with E-state index >= 15 is 0 Å². The fraction of sp³-hybridized carbons (Fsp3) is 0.438. The summed E-state index contributed by atoms with van der Waals surface area (Å²) in [5, 5.41) is 19.3. The van der Waals surface area contributed by atoms with Crippen LogP contribution in [-0.2, 0) is 16.1 Å². The van der Waals surface area contributed by atoms with Crippen LogP contribution in [0.1, 0.15) is 13.8 Å². The highest BCUT2D eigenvalue weighted by Crippen LogP contribution is 2.47. The van der Waals surface area contributed by atoms with Gasteiger partial charge in [0.2, 0.25) is 5.91 Å². The predicted octanol–water partition coefficient (Wildman–Crippen LogP) is 0.170. The summed E-state index contributed by atoms with van der Waals surface area (Å²) in [5.74, 6) is -1.98. The first-order valence-corrected chi connectivity index (χ1v) is 7.35. The molecule has 22 heavy (non-hydrogen) atoms. The number of nitrogens with zero attached hydrogens (tertiary/aromatic N) is 2. The van der Waals surface area contributed by atoms with Crippen LogP contribution < -0.4 is 4.57 Å². The summed E-state index contributed by atoms with van der Waals surface area (Å²) in [6.45, 7) is 3.93. The molecule has 0 aromatic carbocycles. The molecule has 4 atom stereocenters. The number of carbonyl (C=O) groups is 2. The molecule has 1 fully saturated rings. The van der Waals surface area contributed by atoms with Gasteiger partial charge >= 0.3 is 5.97 Å². The van der Waals surface area contributed by atoms with Crippen LogP contribution in [0, 0.1) is 11.8 Å². The second kappa shape index (κ2) is 5.21. The Bertz CT molecular complexity index is 653. The van der Waals surface area contributed by atoms with Crippen molar-refractivity contribution in [3.05, 3.63) is 41.9 Å². The first kappa shape index (κ1) is 14.7. The monoisotopic (exact) mass is 303 g/mol. The van der Waals surface area contributed by atoms with Crippen molar-refractivity contribution in [3.63, 3.8) is 0 Å². The first-order chi connectivity index (χ1) is 10.4. The summed E-state index contributed by atoms with van der Waals surface area (Å²) in [4.78, 5) is 25.2. The van der Waals surface area contributed by atoms with E-state index < -0.39 is 18.0 Å². The van der Waals surface area contributed by atoms with Crippen molar-refractivity contribution in [2.24, 2.45) is 11.8 Å². The molecule has 1 aromatic heterocycles. The molecule has 0 saturated carbocycles. The molecule has 2 aliphatic heterocycles. The highest BCUT2D eigenvalue weighted by Gasteiger charge is 2.60. The molecule has 2 N–H and O–H groups in total. The highest BCUT2D eigenvalue weighted by atomic mass is 16.4. The molecule has 0 bridgehead atoms. The largest absolute Gasteiger partial charge is 0.477 e. The van der Waals surface area contributed by atoms with Gasteiger partial charge in [0, 0.05) is 23.6 Å². The van der Waals surface area contributed by atoms with Crippen LogP contribution in [0.15, 0.2) is 41.9 Å². The van der Waals surface area contributed by atoms with Gasteiger partial charge in [-0.2, -0.15) is 0 Å². The van der Waals surface area contributed by atoms with E-state index in [-0.39, 0.29) is 23.6 Å². The minimum absolute atomic E-state index is 0.0794. The number of hydrogen-bond acceptors (Lipinski definition) is 3. The minimum atomic E-state index is -1.08. The number of rotatable bonds is 4. The number of β-lactam (4-membered cyclic amide) rings is 1. The van der Waals surface area contributed by atoms with Gasteiger partial charge in [0.25, 0.3) is 0 Å². The lowest BCUT2D eigenvalue weighted by atomic mass is 9.78. The van der Waals surface area contributed by atoms with E-state index in [9.17, 15) is 19.8 Å². The Morgan fingerprint density at radius 2 is 2.00 bits per heavy atom. The maximum Gasteiger partial charge on any atom is 0.352 e. The van der Waals surface area contributed by atoms with Gasteiger partial charge in [0.1, 0.15) is 5.70 Å². The summed E-state index contributed by atoms with van der Waals surface area (Å²) in [6, 6.07) is 5.39. The first-order valence-electron chi connectivity index (χ1n) is 7.35. The standard InChI is InChI=1S/C16H18N2O4/c1-9-11(8-17-6-4-3-5-7-17)14(16(21)22)18-13(9)12(10(2)19)15(18)20/h3-7,9-10,12-13,19H,8H2,1-2H3/p+1/t9-,10+,12+,13+/m0/s1. The maximum absolute atomic E-state index is 12.2. The van der Waals surface area contributed by atoms with Crippen LogP contribution >= 0.6 is 0 Å². The minimum Gasteiger partial charge on any atom is -0.477 e. The Labute approximate surface area is 128 Å². The Morgan fingerprint density at radius 3 is 2.55 bits per heavy atom. The van der Waals surface area contributed by atoms with E-state index in [0.717, 1.165) is 5.57 Å². The predicted molar refractivity (Wildman–Crippen MR) is 76.3 cm³/mol. The van der Waals surface area contributed by atoms with Crippen LogP contribution in [0.5, 0.6) is 0 Å². The van der Waals surface area contributed by atoms with Crippen molar-refractivity contribution >= 4 is 11.9 Å². The fourth-order valence-electron chi connectivity index (χ4n) is 3.59. The molecule has 0 unspecified atom stereocenters. The Kier molecular flexibility index (Phi) is 3.48. The molecule has 1 aromatic rings. The number of pyridine rings is 1. The van der Waals surface area contributed by atoms with E-state index in [2.05, 4.69) is 0 Å². The number of fused-ring (bicyclic) bond motifs is 1. The van der Waals surface area contributed by atoms with E-state index in [0.29, 0.717) is 6.54 Å². The number of carboxylic acid groups (broad SMARTS) is 1. The second-order valence-electron chi connectivity index (χ2n) is 5.98. The molecule has 3 rings (SSSR count). The van der Waals surface area contributed by atoms with Gasteiger partial charge in [-0.3, -0.25) is 4.79 Å². The number of aliphatic hydroxyl groups is 1. The number of carboxylic acids is 1. The number of carbonyl (C=O) groups excluding carboxylic acids is 1. The maximum atomic E-state index is 12.2. The summed E-state index contributed by atoms with van der Waals surface area (Å²) >= 11 is 0. The molecule has 3 heterocycles. The van der Waals surface area contributed by atoms with Crippen molar-refractivity contribution in [1.29, 1.82) is 0 Å². The zero-order chi connectivity index (χ0) is 16.0. The molecule has 2 aliphatic rings. The van der Waals surface area contributed by atoms with Crippen LogP contribution in [0.4, 0.5) is 0 Å². The normalized spacial score (nSPS) is 28.4. The molecule has 0 aliphatic carbocycles. The average Bonchev–Trinajstić information content (AvgIpc) is 2.70. The van der Waals surface area contributed by atoms with Crippen LogP contribution in [0.2, 0.25) is 0 Å². The Hall–Kier alpha value is -2.21. The van der Waals surface area contributed by atoms with Crippen molar-refractivity contribution < 1.29 is 24.4 Å². The third-order valence-corrected chi connectivity index (χ3v) is 4.65. The van der Waals surface area contributed by atoms with Crippen molar-refractivity contribution in [1.82, 2.24) is 4.90 Å². The van der Waals surface area contributed by atoms with Crippen LogP contribution in [-0.4, -0.2) is 39.1 Å². The van der Waals surface area contributed by atoms with Crippen LogP contribution in [0.3, 0.4) is 0 Å². The van der Waals surface area contributed by atoms with Gasteiger partial charge < -0.3 is 15.1 Å². The van der Waals surface area contributed by atoms with Crippen LogP contribution in [0.25, 0.3) is 0 Å². The van der Waals surface area contributed by atoms with Crippen molar-refractivity contribution in [3.8, 4) is 0 Å². The van der Waals surface area contributed by atoms with Gasteiger partial charge in [-0.25, -0.2) is 9.36 Å². The molecular formula is C16H19N2O4+. The molecule has 6 nitrogen and oxygen atoms in total. The Balaban J connectivity index is 1.97. The van der Waals surface area contributed by atoms with E-state index in [1.807, 2.05) is 42.1 Å². The van der Waals surface area contributed by atoms with Crippen molar-refractivity contribution in [2.75, 3.05) is 0 Å². The summed E-state index contributed by atoms with van der Waals surface area (Å²) in [6.07, 6.45) is 2.96. The summed E-state index contributed by atoms with van der Waals surface area (Å²) in [7, 11) is 0. The molecular weight excluding hydrogens is 284 g/mol. The second-order valence-corrected chi connectivity index (χ2v) is 5.98. The van der Waals surface area contributed by atoms with Gasteiger partial charge in [0.05, 0.1) is 18.1 Å². The van der Waals surface area contributed by atoms with Crippen molar-refractivity contribution in [2.45, 2.75) is 32.5 Å². The number of aliphatic carboxylic acids is 1. The van der Waals surface area contributed by atoms with E-state index in [4.69, 9.17) is 0 Å². The lowest BCUT2D eigenvalue weighted by Gasteiger charge is -2.46. The Morgan fingerprint density at radius 1 is 1.36 bits per heavy atom. The number of hydrogen-bond donors (Lipinski definition) is 2. The van der Waals surface area contributed by atoms with Gasteiger partial charge in [0.15, 0.2) is 18.9 Å². The summed E-state index contributed by atoms with van der Waals surface area (Å²) in [5.41, 5.74) is 0.806. The molecule has 6 heteroatoms. The van der Waals surface area contributed by atoms with Gasteiger partial charge in [-0.1, -0.05) is 13.0 Å². The summed E-state index contributed by atoms with van der Waals surface area (Å²) < 4.78 is 1.89. The van der Waals surface area contributed by atoms with Gasteiger partial charge in [-0.05, 0) is 6.92 Å². The number of aliphatic hydroxyl groups excluding tert-OH is 1. The number of amides is 1. The fourth-order valence-corrected chi connectivity index (χ4v) is 3.59. The number of aromatic nitrogens is 1. The molecule has 116 valence electrons. The molecule has 1 amide bonds. The van der Waals surface area contributed by atoms with E-state index in [1.54, 1.807) is 6.92 Å². The lowest BCUT2D eigenvalue weighted by molar-refractivity contribution is -0.689. The average molecular weight is 303 g/mol. The molecule has 0 spiro atoms. The third-order valence-electron chi connectivity index (χ3n) is 4.65. The third kappa shape index (κ3) is 2.02. The topological polar surface area (TPSA) is 81.7 Å². The molecule has 1 saturated heterocycles. The smallest absolute Gasteiger partial charge is 0.352 e. The highest BCUT2D eigenvalue weighted by molar-refractivity contribution is 5.99. The zero-order valence-corrected chi connectivity index (χ0v) is 12.5. The molecule has 0 radical (unpaired) electrons. The SMILES string of the molecule is C[C@@H](O)[C@H]1C(=O)N2C(C(=O)O)=C(C[n+]3ccccc3)[C@H](C)[C@H]12. The van der Waals surface area contributed by atoms with Gasteiger partial charge in [-0.15, -0.1) is 0 Å².